The van der Waals surface area contributed by atoms with Gasteiger partial charge in [0.15, 0.2) is 0 Å². The number of rotatable bonds is 3. The largest absolute Gasteiger partial charge is 0.495 e. The lowest BCUT2D eigenvalue weighted by atomic mass is 9.76. The first-order valence-electron chi connectivity index (χ1n) is 14.2. The van der Waals surface area contributed by atoms with Crippen molar-refractivity contribution in [1.82, 2.24) is 4.57 Å². The van der Waals surface area contributed by atoms with Crippen LogP contribution in [-0.4, -0.2) is 22.9 Å². The van der Waals surface area contributed by atoms with Gasteiger partial charge in [0.1, 0.15) is 11.2 Å². The average molecular weight is 535 g/mol. The van der Waals surface area contributed by atoms with Crippen LogP contribution in [0.1, 0.15) is 27.7 Å². The Balaban J connectivity index is 1.32. The number of hydrogen-bond acceptors (Lipinski definition) is 3. The number of furan rings is 1. The van der Waals surface area contributed by atoms with E-state index in [1.165, 1.54) is 21.8 Å². The molecule has 3 heterocycles. The van der Waals surface area contributed by atoms with E-state index < -0.39 is 18.3 Å². The molecule has 0 amide bonds. The molecule has 0 radical (unpaired) electrons. The fourth-order valence-electron chi connectivity index (χ4n) is 6.21. The SMILES string of the molecule is CC1(C)OB(c2cccc3oc4ccc(-c5ccc6c7ccccc7n(-c7ccccc7)c6c5)cc4c23)OC1(C)C. The topological polar surface area (TPSA) is 36.5 Å². The van der Waals surface area contributed by atoms with Gasteiger partial charge in [-0.05, 0) is 86.7 Å². The van der Waals surface area contributed by atoms with Gasteiger partial charge in [0.25, 0.3) is 0 Å². The summed E-state index contributed by atoms with van der Waals surface area (Å²) in [5, 5.41) is 4.60. The second kappa shape index (κ2) is 8.59. The highest BCUT2D eigenvalue weighted by atomic mass is 16.7. The molecule has 4 nitrogen and oxygen atoms in total. The molecule has 8 rings (SSSR count). The molecule has 0 unspecified atom stereocenters. The van der Waals surface area contributed by atoms with Gasteiger partial charge >= 0.3 is 7.12 Å². The van der Waals surface area contributed by atoms with Gasteiger partial charge < -0.3 is 18.3 Å². The molecule has 0 aliphatic carbocycles. The zero-order valence-electron chi connectivity index (χ0n) is 23.6. The van der Waals surface area contributed by atoms with Gasteiger partial charge in [0, 0.05) is 27.2 Å². The summed E-state index contributed by atoms with van der Waals surface area (Å²) in [6.07, 6.45) is 0. The van der Waals surface area contributed by atoms with Crippen molar-refractivity contribution in [3.8, 4) is 16.8 Å². The predicted octanol–water partition coefficient (Wildman–Crippen LogP) is 8.65. The molecule has 1 aliphatic rings. The van der Waals surface area contributed by atoms with Crippen LogP contribution in [0.5, 0.6) is 0 Å². The molecule has 0 saturated carbocycles. The van der Waals surface area contributed by atoms with E-state index in [1.54, 1.807) is 0 Å². The van der Waals surface area contributed by atoms with E-state index in [-0.39, 0.29) is 0 Å². The third-order valence-corrected chi connectivity index (χ3v) is 9.06. The monoisotopic (exact) mass is 535 g/mol. The number of nitrogens with zero attached hydrogens (tertiary/aromatic N) is 1. The zero-order valence-corrected chi connectivity index (χ0v) is 23.6. The summed E-state index contributed by atoms with van der Waals surface area (Å²) in [4.78, 5) is 0. The fraction of sp³-hybridized carbons (Fsp3) is 0.167. The lowest BCUT2D eigenvalue weighted by Gasteiger charge is -2.32. The summed E-state index contributed by atoms with van der Waals surface area (Å²) in [5.74, 6) is 0. The molecule has 5 heteroatoms. The Kier molecular flexibility index (Phi) is 5.13. The molecular weight excluding hydrogens is 505 g/mol. The Morgan fingerprint density at radius 1 is 0.561 bits per heavy atom. The second-order valence-corrected chi connectivity index (χ2v) is 12.0. The second-order valence-electron chi connectivity index (χ2n) is 12.0. The smallest absolute Gasteiger partial charge is 0.456 e. The summed E-state index contributed by atoms with van der Waals surface area (Å²) in [6.45, 7) is 8.35. The molecule has 1 aliphatic heterocycles. The van der Waals surface area contributed by atoms with Crippen LogP contribution in [0.3, 0.4) is 0 Å². The van der Waals surface area contributed by atoms with Crippen LogP contribution in [0.25, 0.3) is 60.6 Å². The lowest BCUT2D eigenvalue weighted by molar-refractivity contribution is 0.00578. The molecule has 0 N–H and O–H groups in total. The van der Waals surface area contributed by atoms with E-state index in [0.29, 0.717) is 0 Å². The molecule has 1 fully saturated rings. The van der Waals surface area contributed by atoms with Crippen molar-refractivity contribution in [2.24, 2.45) is 0 Å². The van der Waals surface area contributed by atoms with Crippen LogP contribution in [-0.2, 0) is 9.31 Å². The molecular formula is C36H30BNO3. The van der Waals surface area contributed by atoms with Crippen LogP contribution in [0.4, 0.5) is 0 Å². The first-order chi connectivity index (χ1) is 19.8. The Morgan fingerprint density at radius 3 is 2.05 bits per heavy atom. The molecule has 200 valence electrons. The minimum Gasteiger partial charge on any atom is -0.456 e. The van der Waals surface area contributed by atoms with Crippen LogP contribution in [0.15, 0.2) is 114 Å². The maximum atomic E-state index is 6.46. The summed E-state index contributed by atoms with van der Waals surface area (Å²) >= 11 is 0. The van der Waals surface area contributed by atoms with Crippen LogP contribution in [0.2, 0.25) is 0 Å². The van der Waals surface area contributed by atoms with Gasteiger partial charge in [-0.25, -0.2) is 0 Å². The van der Waals surface area contributed by atoms with Crippen molar-refractivity contribution in [3.63, 3.8) is 0 Å². The number of aromatic nitrogens is 1. The first kappa shape index (κ1) is 24.5. The van der Waals surface area contributed by atoms with Crippen LogP contribution >= 0.6 is 0 Å². The van der Waals surface area contributed by atoms with Crippen molar-refractivity contribution in [1.29, 1.82) is 0 Å². The van der Waals surface area contributed by atoms with Crippen molar-refractivity contribution in [2.45, 2.75) is 38.9 Å². The Labute approximate surface area is 239 Å². The fourth-order valence-corrected chi connectivity index (χ4v) is 6.21. The minimum absolute atomic E-state index is 0.419. The van der Waals surface area contributed by atoms with E-state index in [1.807, 2.05) is 12.1 Å². The van der Waals surface area contributed by atoms with Crippen molar-refractivity contribution >= 4 is 56.3 Å². The molecule has 2 aromatic heterocycles. The van der Waals surface area contributed by atoms with Gasteiger partial charge in [-0.1, -0.05) is 66.7 Å². The standard InChI is InChI=1S/C36H30BNO3/c1-35(2)36(3,4)41-37(40-35)29-14-10-16-33-34(29)28-21-23(18-20-32(28)39-33)24-17-19-27-26-13-8-9-15-30(26)38(31(27)22-24)25-11-6-5-7-12-25/h5-22H,1-4H3. The summed E-state index contributed by atoms with van der Waals surface area (Å²) < 4.78 is 21.6. The van der Waals surface area contributed by atoms with Gasteiger partial charge in [0.05, 0.1) is 22.2 Å². The highest BCUT2D eigenvalue weighted by molar-refractivity contribution is 6.66. The first-order valence-corrected chi connectivity index (χ1v) is 14.2. The van der Waals surface area contributed by atoms with Gasteiger partial charge in [-0.2, -0.15) is 0 Å². The van der Waals surface area contributed by atoms with Gasteiger partial charge in [-0.15, -0.1) is 0 Å². The number of hydrogen-bond donors (Lipinski definition) is 0. The average Bonchev–Trinajstić information content (AvgIpc) is 3.58. The normalized spacial score (nSPS) is 16.4. The molecule has 0 atom stereocenters. The molecule has 0 spiro atoms. The maximum Gasteiger partial charge on any atom is 0.495 e. The quantitative estimate of drug-likeness (QED) is 0.213. The van der Waals surface area contributed by atoms with E-state index >= 15 is 0 Å². The van der Waals surface area contributed by atoms with Crippen molar-refractivity contribution in [3.05, 3.63) is 109 Å². The summed E-state index contributed by atoms with van der Waals surface area (Å²) in [7, 11) is -0.467. The number of fused-ring (bicyclic) bond motifs is 6. The predicted molar refractivity (Wildman–Crippen MR) is 169 cm³/mol. The number of para-hydroxylation sites is 2. The van der Waals surface area contributed by atoms with Gasteiger partial charge in [-0.3, -0.25) is 0 Å². The zero-order chi connectivity index (χ0) is 27.9. The van der Waals surface area contributed by atoms with Crippen molar-refractivity contribution < 1.29 is 13.7 Å². The Hall–Kier alpha value is -4.32. The lowest BCUT2D eigenvalue weighted by Crippen LogP contribution is -2.41. The van der Waals surface area contributed by atoms with Crippen molar-refractivity contribution in [2.75, 3.05) is 0 Å². The van der Waals surface area contributed by atoms with E-state index in [9.17, 15) is 0 Å². The highest BCUT2D eigenvalue weighted by Gasteiger charge is 2.52. The minimum atomic E-state index is -0.467. The molecule has 1 saturated heterocycles. The highest BCUT2D eigenvalue weighted by Crippen LogP contribution is 2.39. The van der Waals surface area contributed by atoms with E-state index in [2.05, 4.69) is 129 Å². The Bertz CT molecular complexity index is 2100. The Morgan fingerprint density at radius 2 is 1.24 bits per heavy atom. The van der Waals surface area contributed by atoms with Gasteiger partial charge in [0.2, 0.25) is 0 Å². The van der Waals surface area contributed by atoms with E-state index in [4.69, 9.17) is 13.7 Å². The van der Waals surface area contributed by atoms with Crippen LogP contribution < -0.4 is 5.46 Å². The molecule has 5 aromatic carbocycles. The number of benzene rings is 5. The molecule has 0 bridgehead atoms. The summed E-state index contributed by atoms with van der Waals surface area (Å²) in [5.41, 5.74) is 7.68. The molecule has 7 aromatic rings. The maximum absolute atomic E-state index is 6.46. The summed E-state index contributed by atoms with van der Waals surface area (Å²) in [6, 6.07) is 38.6. The van der Waals surface area contributed by atoms with Crippen LogP contribution in [0, 0.1) is 0 Å². The third-order valence-electron chi connectivity index (χ3n) is 9.06. The van der Waals surface area contributed by atoms with E-state index in [0.717, 1.165) is 44.2 Å². The molecule has 41 heavy (non-hydrogen) atoms. The third kappa shape index (κ3) is 3.63.